The second-order valence-corrected chi connectivity index (χ2v) is 4.62. The number of hydrogen-bond acceptors (Lipinski definition) is 2. The van der Waals surface area contributed by atoms with Crippen LogP contribution in [0.4, 0.5) is 0 Å². The van der Waals surface area contributed by atoms with E-state index < -0.39 is 0 Å². The Morgan fingerprint density at radius 2 is 2.33 bits per heavy atom. The zero-order valence-electron chi connectivity index (χ0n) is 9.66. The van der Waals surface area contributed by atoms with Crippen LogP contribution in [-0.4, -0.2) is 31.1 Å². The van der Waals surface area contributed by atoms with E-state index in [9.17, 15) is 0 Å². The molecule has 0 amide bonds. The van der Waals surface area contributed by atoms with Gasteiger partial charge < -0.3 is 10.2 Å². The van der Waals surface area contributed by atoms with Gasteiger partial charge in [0.15, 0.2) is 0 Å². The van der Waals surface area contributed by atoms with Crippen molar-refractivity contribution in [3.8, 4) is 0 Å². The third-order valence-corrected chi connectivity index (χ3v) is 3.07. The third kappa shape index (κ3) is 3.05. The van der Waals surface area contributed by atoms with Crippen molar-refractivity contribution in [1.82, 2.24) is 10.2 Å². The highest BCUT2D eigenvalue weighted by atomic mass is 15.2. The highest BCUT2D eigenvalue weighted by Crippen LogP contribution is 2.08. The second-order valence-electron chi connectivity index (χ2n) is 4.62. The molecule has 2 rings (SSSR count). The summed E-state index contributed by atoms with van der Waals surface area (Å²) in [5, 5.41) is 3.61. The van der Waals surface area contributed by atoms with Crippen molar-refractivity contribution in [2.24, 2.45) is 0 Å². The fourth-order valence-electron chi connectivity index (χ4n) is 2.19. The Morgan fingerprint density at radius 3 is 3.00 bits per heavy atom. The largest absolute Gasteiger partial charge is 0.309 e. The minimum absolute atomic E-state index is 0.676. The lowest BCUT2D eigenvalue weighted by molar-refractivity contribution is 0.397. The van der Waals surface area contributed by atoms with Crippen molar-refractivity contribution >= 4 is 0 Å². The number of benzene rings is 1. The Kier molecular flexibility index (Phi) is 3.39. The van der Waals surface area contributed by atoms with Gasteiger partial charge in [-0.15, -0.1) is 0 Å². The molecule has 0 radical (unpaired) electrons. The highest BCUT2D eigenvalue weighted by molar-refractivity contribution is 5.22. The second kappa shape index (κ2) is 4.77. The van der Waals surface area contributed by atoms with Gasteiger partial charge in [-0.2, -0.15) is 0 Å². The van der Waals surface area contributed by atoms with E-state index in [1.807, 2.05) is 0 Å². The molecule has 82 valence electrons. The van der Waals surface area contributed by atoms with E-state index in [4.69, 9.17) is 0 Å². The van der Waals surface area contributed by atoms with E-state index in [1.54, 1.807) is 0 Å². The molecule has 1 aromatic rings. The van der Waals surface area contributed by atoms with E-state index in [0.717, 1.165) is 6.54 Å². The first-order chi connectivity index (χ1) is 7.24. The van der Waals surface area contributed by atoms with Crippen molar-refractivity contribution in [3.63, 3.8) is 0 Å². The normalized spacial score (nSPS) is 22.1. The summed E-state index contributed by atoms with van der Waals surface area (Å²) in [6.07, 6.45) is 1.28. The molecule has 2 nitrogen and oxygen atoms in total. The van der Waals surface area contributed by atoms with Crippen LogP contribution in [0, 0.1) is 6.92 Å². The Bertz CT molecular complexity index is 322. The standard InChI is InChI=1S/C13H20N2/c1-11-4-3-5-12(8-11)9-14-13-6-7-15(2)10-13/h3-5,8,13-14H,6-7,9-10H2,1-2H3/t13-/m0/s1. The molecule has 1 saturated heterocycles. The maximum atomic E-state index is 3.61. The number of hydrogen-bond donors (Lipinski definition) is 1. The predicted octanol–water partition coefficient (Wildman–Crippen LogP) is 1.79. The van der Waals surface area contributed by atoms with E-state index in [0.29, 0.717) is 6.04 Å². The van der Waals surface area contributed by atoms with Crippen LogP contribution in [0.25, 0.3) is 0 Å². The van der Waals surface area contributed by atoms with Crippen LogP contribution in [-0.2, 0) is 6.54 Å². The van der Waals surface area contributed by atoms with E-state index in [-0.39, 0.29) is 0 Å². The summed E-state index contributed by atoms with van der Waals surface area (Å²) >= 11 is 0. The molecular formula is C13H20N2. The Morgan fingerprint density at radius 1 is 1.47 bits per heavy atom. The fourth-order valence-corrected chi connectivity index (χ4v) is 2.19. The van der Waals surface area contributed by atoms with E-state index in [2.05, 4.69) is 48.5 Å². The summed E-state index contributed by atoms with van der Waals surface area (Å²) in [5.74, 6) is 0. The Balaban J connectivity index is 1.83. The van der Waals surface area contributed by atoms with Crippen LogP contribution < -0.4 is 5.32 Å². The SMILES string of the molecule is Cc1cccc(CN[C@H]2CCN(C)C2)c1. The van der Waals surface area contributed by atoms with Gasteiger partial charge in [-0.05, 0) is 32.5 Å². The van der Waals surface area contributed by atoms with Gasteiger partial charge >= 0.3 is 0 Å². The molecule has 1 fully saturated rings. The van der Waals surface area contributed by atoms with Crippen molar-refractivity contribution < 1.29 is 0 Å². The molecule has 0 unspecified atom stereocenters. The molecule has 1 aromatic carbocycles. The zero-order chi connectivity index (χ0) is 10.7. The van der Waals surface area contributed by atoms with Gasteiger partial charge in [-0.1, -0.05) is 29.8 Å². The summed E-state index contributed by atoms with van der Waals surface area (Å²) in [7, 11) is 2.19. The zero-order valence-corrected chi connectivity index (χ0v) is 9.66. The van der Waals surface area contributed by atoms with E-state index in [1.165, 1.54) is 30.6 Å². The van der Waals surface area contributed by atoms with Gasteiger partial charge in [0.2, 0.25) is 0 Å². The quantitative estimate of drug-likeness (QED) is 0.807. The molecule has 0 aromatic heterocycles. The number of aryl methyl sites for hydroxylation is 1. The average Bonchev–Trinajstić information content (AvgIpc) is 2.62. The van der Waals surface area contributed by atoms with Gasteiger partial charge in [0.1, 0.15) is 0 Å². The molecule has 0 aliphatic carbocycles. The first kappa shape index (κ1) is 10.7. The van der Waals surface area contributed by atoms with Gasteiger partial charge in [0.25, 0.3) is 0 Å². The van der Waals surface area contributed by atoms with Crippen LogP contribution in [0.15, 0.2) is 24.3 Å². The predicted molar refractivity (Wildman–Crippen MR) is 63.9 cm³/mol. The molecule has 0 spiro atoms. The molecule has 15 heavy (non-hydrogen) atoms. The van der Waals surface area contributed by atoms with E-state index >= 15 is 0 Å². The monoisotopic (exact) mass is 204 g/mol. The van der Waals surface area contributed by atoms with Gasteiger partial charge in [-0.25, -0.2) is 0 Å². The Hall–Kier alpha value is -0.860. The number of likely N-dealkylation sites (N-methyl/N-ethyl adjacent to an activating group) is 1. The van der Waals surface area contributed by atoms with Crippen LogP contribution in [0.5, 0.6) is 0 Å². The molecule has 1 atom stereocenters. The van der Waals surface area contributed by atoms with Crippen LogP contribution in [0.1, 0.15) is 17.5 Å². The summed E-state index contributed by atoms with van der Waals surface area (Å²) in [4.78, 5) is 2.38. The molecule has 1 aliphatic heterocycles. The maximum Gasteiger partial charge on any atom is 0.0210 e. The van der Waals surface area contributed by atoms with Crippen molar-refractivity contribution in [2.45, 2.75) is 25.9 Å². The Labute approximate surface area is 92.3 Å². The minimum Gasteiger partial charge on any atom is -0.309 e. The van der Waals surface area contributed by atoms with Gasteiger partial charge in [0, 0.05) is 19.1 Å². The van der Waals surface area contributed by atoms with Crippen LogP contribution in [0.3, 0.4) is 0 Å². The lowest BCUT2D eigenvalue weighted by atomic mass is 10.1. The van der Waals surface area contributed by atoms with Crippen LogP contribution >= 0.6 is 0 Å². The lowest BCUT2D eigenvalue weighted by Crippen LogP contribution is -2.30. The number of rotatable bonds is 3. The average molecular weight is 204 g/mol. The summed E-state index contributed by atoms with van der Waals surface area (Å²) in [6.45, 7) is 5.56. The molecule has 2 heteroatoms. The number of nitrogens with zero attached hydrogens (tertiary/aromatic N) is 1. The molecule has 1 heterocycles. The molecule has 1 aliphatic rings. The maximum absolute atomic E-state index is 3.61. The van der Waals surface area contributed by atoms with Gasteiger partial charge in [-0.3, -0.25) is 0 Å². The molecule has 1 N–H and O–H groups in total. The smallest absolute Gasteiger partial charge is 0.0210 e. The van der Waals surface area contributed by atoms with Crippen LogP contribution in [0.2, 0.25) is 0 Å². The van der Waals surface area contributed by atoms with Crippen molar-refractivity contribution in [2.75, 3.05) is 20.1 Å². The first-order valence-corrected chi connectivity index (χ1v) is 5.71. The fraction of sp³-hybridized carbons (Fsp3) is 0.538. The van der Waals surface area contributed by atoms with Crippen molar-refractivity contribution in [3.05, 3.63) is 35.4 Å². The molecular weight excluding hydrogens is 184 g/mol. The third-order valence-electron chi connectivity index (χ3n) is 3.07. The molecule has 0 saturated carbocycles. The van der Waals surface area contributed by atoms with Gasteiger partial charge in [0.05, 0.1) is 0 Å². The number of likely N-dealkylation sites (tertiary alicyclic amines) is 1. The molecule has 0 bridgehead atoms. The minimum atomic E-state index is 0.676. The summed E-state index contributed by atoms with van der Waals surface area (Å²) in [5.41, 5.74) is 2.74. The summed E-state index contributed by atoms with van der Waals surface area (Å²) < 4.78 is 0. The van der Waals surface area contributed by atoms with Crippen molar-refractivity contribution in [1.29, 1.82) is 0 Å². The number of nitrogens with one attached hydrogen (secondary N) is 1. The summed E-state index contributed by atoms with van der Waals surface area (Å²) in [6, 6.07) is 9.40. The lowest BCUT2D eigenvalue weighted by Gasteiger charge is -2.12. The highest BCUT2D eigenvalue weighted by Gasteiger charge is 2.18. The topological polar surface area (TPSA) is 15.3 Å². The first-order valence-electron chi connectivity index (χ1n) is 5.71.